The van der Waals surface area contributed by atoms with Gasteiger partial charge < -0.3 is 4.42 Å². The lowest BCUT2D eigenvalue weighted by Crippen LogP contribution is -2.20. The zero-order valence-electron chi connectivity index (χ0n) is 11.0. The van der Waals surface area contributed by atoms with Crippen LogP contribution in [0, 0.1) is 0 Å². The van der Waals surface area contributed by atoms with Crippen molar-refractivity contribution >= 4 is 23.3 Å². The summed E-state index contributed by atoms with van der Waals surface area (Å²) in [6, 6.07) is 11.4. The maximum atomic E-state index is 5.94. The first-order chi connectivity index (χ1) is 10.3. The lowest BCUT2D eigenvalue weighted by Gasteiger charge is -2.21. The first-order valence-electron chi connectivity index (χ1n) is 6.58. The van der Waals surface area contributed by atoms with Crippen LogP contribution in [0.5, 0.6) is 0 Å². The van der Waals surface area contributed by atoms with E-state index < -0.39 is 0 Å². The molecule has 4 rings (SSSR count). The predicted molar refractivity (Wildman–Crippen MR) is 79.1 cm³/mol. The second-order valence-electron chi connectivity index (χ2n) is 4.81. The number of rotatable bonds is 2. The molecule has 1 atom stereocenters. The van der Waals surface area contributed by atoms with Crippen LogP contribution in [0.4, 0.5) is 5.95 Å². The van der Waals surface area contributed by atoms with Gasteiger partial charge in [0.25, 0.3) is 0 Å². The largest absolute Gasteiger partial charge is 0.467 e. The van der Waals surface area contributed by atoms with Crippen LogP contribution >= 0.6 is 11.6 Å². The van der Waals surface area contributed by atoms with Gasteiger partial charge in [0.15, 0.2) is 0 Å². The third-order valence-electron chi connectivity index (χ3n) is 3.52. The maximum Gasteiger partial charge on any atom is 0.248 e. The highest BCUT2D eigenvalue weighted by Gasteiger charge is 2.27. The third kappa shape index (κ3) is 2.15. The van der Waals surface area contributed by atoms with Crippen LogP contribution in [0.3, 0.4) is 0 Å². The normalized spacial score (nSPS) is 17.4. The minimum absolute atomic E-state index is 0.0271. The molecule has 0 N–H and O–H groups in total. The maximum absolute atomic E-state index is 5.94. The molecule has 3 heterocycles. The van der Waals surface area contributed by atoms with E-state index >= 15 is 0 Å². The van der Waals surface area contributed by atoms with E-state index in [0.717, 1.165) is 17.0 Å². The van der Waals surface area contributed by atoms with Gasteiger partial charge in [-0.25, -0.2) is 9.67 Å². The Morgan fingerprint density at radius 1 is 1.19 bits per heavy atom. The standard InChI is InChI=1S/C15H11ClN4O/c16-11-5-3-10(4-6-11)12-8-13(14-2-1-7-21-14)20-15(19-12)17-9-18-20/h1-7,9,13H,8H2. The van der Waals surface area contributed by atoms with E-state index in [1.807, 2.05) is 36.4 Å². The summed E-state index contributed by atoms with van der Waals surface area (Å²) in [7, 11) is 0. The molecule has 0 saturated heterocycles. The van der Waals surface area contributed by atoms with E-state index in [-0.39, 0.29) is 6.04 Å². The lowest BCUT2D eigenvalue weighted by atomic mass is 10.00. The molecule has 0 spiro atoms. The summed E-state index contributed by atoms with van der Waals surface area (Å²) in [6.45, 7) is 0. The molecule has 0 fully saturated rings. The highest BCUT2D eigenvalue weighted by atomic mass is 35.5. The van der Waals surface area contributed by atoms with Gasteiger partial charge in [0.2, 0.25) is 5.95 Å². The number of halogens is 1. The quantitative estimate of drug-likeness (QED) is 0.726. The number of aliphatic imine (C=N–C) groups is 1. The fraction of sp³-hybridized carbons (Fsp3) is 0.133. The number of hydrogen-bond donors (Lipinski definition) is 0. The molecule has 104 valence electrons. The van der Waals surface area contributed by atoms with Crippen LogP contribution in [0.2, 0.25) is 5.02 Å². The number of furan rings is 1. The zero-order chi connectivity index (χ0) is 14.2. The molecule has 0 radical (unpaired) electrons. The summed E-state index contributed by atoms with van der Waals surface area (Å²) < 4.78 is 7.33. The lowest BCUT2D eigenvalue weighted by molar-refractivity contribution is 0.409. The van der Waals surface area contributed by atoms with Crippen molar-refractivity contribution in [3.05, 3.63) is 65.3 Å². The van der Waals surface area contributed by atoms with Gasteiger partial charge in [-0.05, 0) is 29.8 Å². The van der Waals surface area contributed by atoms with Crippen molar-refractivity contribution in [1.29, 1.82) is 0 Å². The van der Waals surface area contributed by atoms with E-state index in [2.05, 4.69) is 15.1 Å². The van der Waals surface area contributed by atoms with Crippen molar-refractivity contribution in [1.82, 2.24) is 14.8 Å². The van der Waals surface area contributed by atoms with Gasteiger partial charge in [0, 0.05) is 11.4 Å². The van der Waals surface area contributed by atoms with Crippen molar-refractivity contribution in [2.45, 2.75) is 12.5 Å². The molecule has 2 aromatic heterocycles. The fourth-order valence-corrected chi connectivity index (χ4v) is 2.63. The number of aromatic nitrogens is 3. The smallest absolute Gasteiger partial charge is 0.248 e. The second kappa shape index (κ2) is 4.86. The van der Waals surface area contributed by atoms with E-state index in [4.69, 9.17) is 16.0 Å². The first kappa shape index (κ1) is 12.3. The fourth-order valence-electron chi connectivity index (χ4n) is 2.51. The van der Waals surface area contributed by atoms with Crippen molar-refractivity contribution < 1.29 is 4.42 Å². The topological polar surface area (TPSA) is 56.2 Å². The molecule has 1 aliphatic rings. The first-order valence-corrected chi connectivity index (χ1v) is 6.95. The van der Waals surface area contributed by atoms with Gasteiger partial charge in [-0.3, -0.25) is 0 Å². The average Bonchev–Trinajstić information content (AvgIpc) is 3.18. The molecule has 1 unspecified atom stereocenters. The van der Waals surface area contributed by atoms with Crippen molar-refractivity contribution in [2.24, 2.45) is 4.99 Å². The van der Waals surface area contributed by atoms with Crippen molar-refractivity contribution in [2.75, 3.05) is 0 Å². The molecule has 0 saturated carbocycles. The Bertz CT molecular complexity index is 789. The summed E-state index contributed by atoms with van der Waals surface area (Å²) in [6.07, 6.45) is 3.88. The van der Waals surface area contributed by atoms with Crippen LogP contribution in [-0.2, 0) is 0 Å². The molecule has 0 amide bonds. The number of nitrogens with zero attached hydrogens (tertiary/aromatic N) is 4. The van der Waals surface area contributed by atoms with Gasteiger partial charge in [-0.1, -0.05) is 23.7 Å². The summed E-state index contributed by atoms with van der Waals surface area (Å²) in [5.41, 5.74) is 1.98. The second-order valence-corrected chi connectivity index (χ2v) is 5.24. The Balaban J connectivity index is 1.79. The Kier molecular flexibility index (Phi) is 2.86. The minimum Gasteiger partial charge on any atom is -0.467 e. The molecule has 21 heavy (non-hydrogen) atoms. The summed E-state index contributed by atoms with van der Waals surface area (Å²) in [4.78, 5) is 8.79. The number of hydrogen-bond acceptors (Lipinski definition) is 4. The van der Waals surface area contributed by atoms with Crippen molar-refractivity contribution in [3.8, 4) is 0 Å². The minimum atomic E-state index is -0.0271. The molecule has 1 aliphatic heterocycles. The Morgan fingerprint density at radius 3 is 2.81 bits per heavy atom. The van der Waals surface area contributed by atoms with Gasteiger partial charge in [0.1, 0.15) is 18.1 Å². The van der Waals surface area contributed by atoms with Crippen LogP contribution in [0.15, 0.2) is 58.4 Å². The monoisotopic (exact) mass is 298 g/mol. The van der Waals surface area contributed by atoms with E-state index in [0.29, 0.717) is 17.4 Å². The Labute approximate surface area is 125 Å². The molecular weight excluding hydrogens is 288 g/mol. The van der Waals surface area contributed by atoms with Gasteiger partial charge in [0.05, 0.1) is 12.0 Å². The molecular formula is C15H11ClN4O. The van der Waals surface area contributed by atoms with Gasteiger partial charge >= 0.3 is 0 Å². The van der Waals surface area contributed by atoms with Gasteiger partial charge in [-0.15, -0.1) is 0 Å². The van der Waals surface area contributed by atoms with Crippen LogP contribution in [0.1, 0.15) is 23.8 Å². The zero-order valence-corrected chi connectivity index (χ0v) is 11.7. The van der Waals surface area contributed by atoms with Crippen LogP contribution in [0.25, 0.3) is 0 Å². The molecule has 3 aromatic rings. The Hall–Kier alpha value is -2.40. The molecule has 6 heteroatoms. The summed E-state index contributed by atoms with van der Waals surface area (Å²) in [5, 5.41) is 4.96. The van der Waals surface area contributed by atoms with Gasteiger partial charge in [-0.2, -0.15) is 10.1 Å². The van der Waals surface area contributed by atoms with E-state index in [1.165, 1.54) is 6.33 Å². The average molecular weight is 299 g/mol. The molecule has 0 aliphatic carbocycles. The van der Waals surface area contributed by atoms with Crippen molar-refractivity contribution in [3.63, 3.8) is 0 Å². The molecule has 1 aromatic carbocycles. The highest BCUT2D eigenvalue weighted by Crippen LogP contribution is 2.32. The third-order valence-corrected chi connectivity index (χ3v) is 3.77. The van der Waals surface area contributed by atoms with Crippen LogP contribution < -0.4 is 0 Å². The SMILES string of the molecule is Clc1ccc(C2=Nc3ncnn3C(c3ccco3)C2)cc1. The number of fused-ring (bicyclic) bond motifs is 1. The predicted octanol–water partition coefficient (Wildman–Crippen LogP) is 3.64. The summed E-state index contributed by atoms with van der Waals surface area (Å²) >= 11 is 5.94. The van der Waals surface area contributed by atoms with E-state index in [9.17, 15) is 0 Å². The molecule has 0 bridgehead atoms. The van der Waals surface area contributed by atoms with Crippen LogP contribution in [-0.4, -0.2) is 20.5 Å². The highest BCUT2D eigenvalue weighted by molar-refractivity contribution is 6.30. The summed E-state index contributed by atoms with van der Waals surface area (Å²) in [5.74, 6) is 1.44. The number of benzene rings is 1. The van der Waals surface area contributed by atoms with E-state index in [1.54, 1.807) is 10.9 Å². The Morgan fingerprint density at radius 2 is 2.05 bits per heavy atom. The molecule has 5 nitrogen and oxygen atoms in total.